The fourth-order valence-electron chi connectivity index (χ4n) is 3.21. The van der Waals surface area contributed by atoms with Crippen LogP contribution in [0.4, 0.5) is 5.69 Å². The first-order valence-corrected chi connectivity index (χ1v) is 8.92. The number of rotatable bonds is 5. The molecule has 2 aromatic rings. The van der Waals surface area contributed by atoms with Gasteiger partial charge in [-0.25, -0.2) is 0 Å². The summed E-state index contributed by atoms with van der Waals surface area (Å²) in [5.41, 5.74) is 3.11. The summed E-state index contributed by atoms with van der Waals surface area (Å²) >= 11 is 6.06. The van der Waals surface area contributed by atoms with E-state index in [1.807, 2.05) is 24.3 Å². The van der Waals surface area contributed by atoms with E-state index in [0.717, 1.165) is 35.7 Å². The summed E-state index contributed by atoms with van der Waals surface area (Å²) in [6.07, 6.45) is 4.17. The van der Waals surface area contributed by atoms with Crippen LogP contribution in [-0.2, 0) is 0 Å². The van der Waals surface area contributed by atoms with E-state index in [9.17, 15) is 5.26 Å². The topological polar surface area (TPSA) is 45.5 Å². The van der Waals surface area contributed by atoms with Crippen LogP contribution in [0, 0.1) is 11.3 Å². The summed E-state index contributed by atoms with van der Waals surface area (Å²) in [5.74, 6) is 1.49. The van der Waals surface area contributed by atoms with Crippen molar-refractivity contribution < 1.29 is 9.47 Å². The highest BCUT2D eigenvalue weighted by atomic mass is 35.5. The van der Waals surface area contributed by atoms with Gasteiger partial charge in [-0.1, -0.05) is 23.7 Å². The average molecular weight is 369 g/mol. The van der Waals surface area contributed by atoms with Crippen LogP contribution in [-0.4, -0.2) is 27.3 Å². The molecule has 0 amide bonds. The monoisotopic (exact) mass is 368 g/mol. The minimum Gasteiger partial charge on any atom is -0.496 e. The molecular formula is C21H21ClN2O2. The van der Waals surface area contributed by atoms with E-state index in [4.69, 9.17) is 21.1 Å². The van der Waals surface area contributed by atoms with E-state index in [1.165, 1.54) is 12.8 Å². The van der Waals surface area contributed by atoms with Gasteiger partial charge in [-0.05, 0) is 42.7 Å². The number of allylic oxidation sites excluding steroid dienone is 1. The van der Waals surface area contributed by atoms with Gasteiger partial charge in [-0.15, -0.1) is 0 Å². The summed E-state index contributed by atoms with van der Waals surface area (Å²) in [6.45, 7) is 2.03. The maximum absolute atomic E-state index is 9.61. The number of nitrogens with zero attached hydrogens (tertiary/aromatic N) is 2. The second-order valence-electron chi connectivity index (χ2n) is 6.14. The van der Waals surface area contributed by atoms with Gasteiger partial charge in [0, 0.05) is 29.7 Å². The van der Waals surface area contributed by atoms with Gasteiger partial charge in [0.25, 0.3) is 0 Å². The minimum absolute atomic E-state index is 0.516. The Kier molecular flexibility index (Phi) is 5.70. The Balaban J connectivity index is 2.07. The molecule has 26 heavy (non-hydrogen) atoms. The molecule has 0 saturated carbocycles. The van der Waals surface area contributed by atoms with Crippen LogP contribution < -0.4 is 14.4 Å². The Hall–Kier alpha value is -2.64. The summed E-state index contributed by atoms with van der Waals surface area (Å²) in [5, 5.41) is 10.2. The third-order valence-electron chi connectivity index (χ3n) is 4.53. The van der Waals surface area contributed by atoms with Crippen molar-refractivity contribution in [2.24, 2.45) is 0 Å². The lowest BCUT2D eigenvalue weighted by Gasteiger charge is -2.22. The van der Waals surface area contributed by atoms with Crippen LogP contribution in [0.15, 0.2) is 36.4 Å². The van der Waals surface area contributed by atoms with Crippen molar-refractivity contribution in [1.29, 1.82) is 5.26 Å². The predicted molar refractivity (Wildman–Crippen MR) is 106 cm³/mol. The molecule has 3 rings (SSSR count). The Morgan fingerprint density at radius 3 is 2.46 bits per heavy atom. The third-order valence-corrected chi connectivity index (χ3v) is 4.77. The molecule has 134 valence electrons. The summed E-state index contributed by atoms with van der Waals surface area (Å²) in [6, 6.07) is 13.4. The standard InChI is InChI=1S/C21H21ClN2O2/c1-25-20-13-19(24-8-3-4-9-24)21(26-2)12-16(20)10-17(14-23)15-6-5-7-18(22)11-15/h5-7,10-13H,3-4,8-9H2,1-2H3/b17-10-. The number of benzene rings is 2. The fourth-order valence-corrected chi connectivity index (χ4v) is 3.41. The van der Waals surface area contributed by atoms with Crippen LogP contribution in [0.5, 0.6) is 11.5 Å². The van der Waals surface area contributed by atoms with Crippen LogP contribution in [0.25, 0.3) is 11.6 Å². The summed E-state index contributed by atoms with van der Waals surface area (Å²) in [4.78, 5) is 2.30. The number of ether oxygens (including phenoxy) is 2. The molecule has 1 fully saturated rings. The van der Waals surface area contributed by atoms with Crippen molar-refractivity contribution in [3.05, 3.63) is 52.5 Å². The Morgan fingerprint density at radius 1 is 1.12 bits per heavy atom. The average Bonchev–Trinajstić information content (AvgIpc) is 3.20. The van der Waals surface area contributed by atoms with E-state index in [0.29, 0.717) is 16.3 Å². The maximum atomic E-state index is 9.61. The molecule has 0 atom stereocenters. The molecule has 0 spiro atoms. The van der Waals surface area contributed by atoms with Crippen molar-refractivity contribution in [2.45, 2.75) is 12.8 Å². The Labute approximate surface area is 159 Å². The Bertz CT molecular complexity index is 865. The van der Waals surface area contributed by atoms with Gasteiger partial charge >= 0.3 is 0 Å². The number of hydrogen-bond acceptors (Lipinski definition) is 4. The zero-order valence-corrected chi connectivity index (χ0v) is 15.7. The second kappa shape index (κ2) is 8.16. The highest BCUT2D eigenvalue weighted by Crippen LogP contribution is 2.38. The Morgan fingerprint density at radius 2 is 1.85 bits per heavy atom. The first-order valence-electron chi connectivity index (χ1n) is 8.55. The minimum atomic E-state index is 0.516. The second-order valence-corrected chi connectivity index (χ2v) is 6.58. The van der Waals surface area contributed by atoms with Gasteiger partial charge in [0.15, 0.2) is 0 Å². The molecule has 0 bridgehead atoms. The first-order chi connectivity index (χ1) is 12.7. The molecule has 1 heterocycles. The number of methoxy groups -OCH3 is 2. The largest absolute Gasteiger partial charge is 0.496 e. The van der Waals surface area contributed by atoms with Crippen LogP contribution in [0.2, 0.25) is 5.02 Å². The van der Waals surface area contributed by atoms with Gasteiger partial charge in [0.2, 0.25) is 0 Å². The van der Waals surface area contributed by atoms with Gasteiger partial charge < -0.3 is 14.4 Å². The molecule has 2 aromatic carbocycles. The van der Waals surface area contributed by atoms with Gasteiger partial charge in [0.05, 0.1) is 31.5 Å². The van der Waals surface area contributed by atoms with Gasteiger partial charge in [-0.2, -0.15) is 5.26 Å². The van der Waals surface area contributed by atoms with Crippen LogP contribution in [0.1, 0.15) is 24.0 Å². The normalized spacial score (nSPS) is 14.2. The number of nitriles is 1. The van der Waals surface area contributed by atoms with E-state index in [-0.39, 0.29) is 0 Å². The first kappa shape index (κ1) is 18.2. The quantitative estimate of drug-likeness (QED) is 0.549. The zero-order valence-electron chi connectivity index (χ0n) is 15.0. The molecule has 1 saturated heterocycles. The highest BCUT2D eigenvalue weighted by molar-refractivity contribution is 6.30. The highest BCUT2D eigenvalue weighted by Gasteiger charge is 2.19. The molecule has 0 N–H and O–H groups in total. The molecule has 0 aromatic heterocycles. The molecule has 1 aliphatic heterocycles. The maximum Gasteiger partial charge on any atom is 0.143 e. The van der Waals surface area contributed by atoms with Gasteiger partial charge in [0.1, 0.15) is 11.5 Å². The predicted octanol–water partition coefficient (Wildman–Crippen LogP) is 5.02. The molecule has 1 aliphatic rings. The van der Waals surface area contributed by atoms with Crippen LogP contribution in [0.3, 0.4) is 0 Å². The van der Waals surface area contributed by atoms with Crippen molar-refractivity contribution in [1.82, 2.24) is 0 Å². The number of anilines is 1. The van der Waals surface area contributed by atoms with Crippen LogP contribution >= 0.6 is 11.6 Å². The van der Waals surface area contributed by atoms with E-state index < -0.39 is 0 Å². The number of halogens is 1. The van der Waals surface area contributed by atoms with Crippen molar-refractivity contribution >= 4 is 28.9 Å². The van der Waals surface area contributed by atoms with E-state index in [2.05, 4.69) is 11.0 Å². The molecule has 0 unspecified atom stereocenters. The lowest BCUT2D eigenvalue weighted by Crippen LogP contribution is -2.18. The van der Waals surface area contributed by atoms with Gasteiger partial charge in [-0.3, -0.25) is 0 Å². The summed E-state index contributed by atoms with van der Waals surface area (Å²) < 4.78 is 11.2. The van der Waals surface area contributed by atoms with Crippen molar-refractivity contribution in [3.8, 4) is 17.6 Å². The van der Waals surface area contributed by atoms with Crippen molar-refractivity contribution in [3.63, 3.8) is 0 Å². The molecule has 4 nitrogen and oxygen atoms in total. The molecule has 5 heteroatoms. The fraction of sp³-hybridized carbons (Fsp3) is 0.286. The number of hydrogen-bond donors (Lipinski definition) is 0. The smallest absolute Gasteiger partial charge is 0.143 e. The molecular weight excluding hydrogens is 348 g/mol. The third kappa shape index (κ3) is 3.79. The van der Waals surface area contributed by atoms with E-state index in [1.54, 1.807) is 32.4 Å². The lowest BCUT2D eigenvalue weighted by molar-refractivity contribution is 0.402. The molecule has 0 aliphatic carbocycles. The summed E-state index contributed by atoms with van der Waals surface area (Å²) in [7, 11) is 3.30. The lowest BCUT2D eigenvalue weighted by atomic mass is 10.0. The molecule has 0 radical (unpaired) electrons. The SMILES string of the molecule is COc1cc(N2CCCC2)c(OC)cc1/C=C(/C#N)c1cccc(Cl)c1. The zero-order chi connectivity index (χ0) is 18.5. The van der Waals surface area contributed by atoms with Crippen molar-refractivity contribution in [2.75, 3.05) is 32.2 Å². The van der Waals surface area contributed by atoms with E-state index >= 15 is 0 Å².